The number of hydrogen-bond acceptors (Lipinski definition) is 2. The van der Waals surface area contributed by atoms with Crippen molar-refractivity contribution in [1.82, 2.24) is 9.47 Å². The molecule has 0 saturated carbocycles. The molecule has 1 atom stereocenters. The lowest BCUT2D eigenvalue weighted by Gasteiger charge is -2.17. The van der Waals surface area contributed by atoms with Gasteiger partial charge in [0.1, 0.15) is 0 Å². The van der Waals surface area contributed by atoms with Gasteiger partial charge in [0.05, 0.1) is 13.0 Å². The number of nitrogens with zero attached hydrogens (tertiary/aromatic N) is 2. The molecule has 2 heterocycles. The van der Waals surface area contributed by atoms with Crippen LogP contribution in [0.5, 0.6) is 0 Å². The number of carbonyl (C=O) groups excluding carboxylic acids is 1. The Kier molecular flexibility index (Phi) is 3.83. The molecule has 1 amide bonds. The Morgan fingerprint density at radius 3 is 2.74 bits per heavy atom. The van der Waals surface area contributed by atoms with Crippen molar-refractivity contribution in [2.45, 2.75) is 32.0 Å². The zero-order chi connectivity index (χ0) is 16.6. The minimum Gasteiger partial charge on any atom is -0.479 e. The number of aryl methyl sites for hydroxylation is 1. The fourth-order valence-corrected chi connectivity index (χ4v) is 3.16. The van der Waals surface area contributed by atoms with Crippen molar-refractivity contribution in [3.63, 3.8) is 0 Å². The van der Waals surface area contributed by atoms with Gasteiger partial charge in [0.2, 0.25) is 11.6 Å². The quantitative estimate of drug-likeness (QED) is 0.940. The van der Waals surface area contributed by atoms with Crippen LogP contribution in [0.1, 0.15) is 18.9 Å². The number of amides is 1. The number of aromatic nitrogens is 1. The van der Waals surface area contributed by atoms with Crippen molar-refractivity contribution in [1.29, 1.82) is 0 Å². The molecule has 1 aromatic carbocycles. The van der Waals surface area contributed by atoms with Gasteiger partial charge in [-0.1, -0.05) is 18.2 Å². The van der Waals surface area contributed by atoms with Crippen LogP contribution in [-0.2, 0) is 22.6 Å². The largest absolute Gasteiger partial charge is 0.479 e. The van der Waals surface area contributed by atoms with Crippen LogP contribution < -0.4 is 0 Å². The van der Waals surface area contributed by atoms with Gasteiger partial charge in [0.25, 0.3) is 0 Å². The van der Waals surface area contributed by atoms with Gasteiger partial charge in [-0.2, -0.15) is 0 Å². The Balaban J connectivity index is 1.80. The van der Waals surface area contributed by atoms with E-state index in [1.54, 1.807) is 0 Å². The summed E-state index contributed by atoms with van der Waals surface area (Å²) in [5, 5.41) is 9.93. The van der Waals surface area contributed by atoms with E-state index < -0.39 is 11.6 Å². The third-order valence-electron chi connectivity index (χ3n) is 4.51. The highest BCUT2D eigenvalue weighted by atomic mass is 19.1. The number of rotatable bonds is 4. The highest BCUT2D eigenvalue weighted by Crippen LogP contribution is 2.28. The number of carboxylic acids is 1. The molecule has 0 radical (unpaired) electrons. The first-order chi connectivity index (χ1) is 10.9. The van der Waals surface area contributed by atoms with Gasteiger partial charge < -0.3 is 14.6 Å². The second-order valence-corrected chi connectivity index (χ2v) is 5.97. The van der Waals surface area contributed by atoms with E-state index >= 15 is 0 Å². The normalized spacial score (nSPS) is 21.0. The smallest absolute Gasteiger partial charge is 0.343 e. The molecule has 0 spiro atoms. The molecule has 3 rings (SSSR count). The maximum atomic E-state index is 14.1. The van der Waals surface area contributed by atoms with Crippen LogP contribution in [0.25, 0.3) is 10.9 Å². The van der Waals surface area contributed by atoms with Crippen molar-refractivity contribution >= 4 is 22.8 Å². The maximum Gasteiger partial charge on any atom is 0.343 e. The van der Waals surface area contributed by atoms with Gasteiger partial charge in [-0.3, -0.25) is 4.79 Å². The third-order valence-corrected chi connectivity index (χ3v) is 4.51. The van der Waals surface area contributed by atoms with E-state index in [2.05, 4.69) is 4.57 Å². The van der Waals surface area contributed by atoms with E-state index in [1.165, 1.54) is 4.90 Å². The molecule has 5 nitrogen and oxygen atoms in total. The number of aliphatic carboxylic acids is 1. The van der Waals surface area contributed by atoms with E-state index in [0.717, 1.165) is 23.0 Å². The van der Waals surface area contributed by atoms with Crippen LogP contribution in [0.15, 0.2) is 30.5 Å². The maximum absolute atomic E-state index is 14.1. The van der Waals surface area contributed by atoms with E-state index in [4.69, 9.17) is 5.11 Å². The summed E-state index contributed by atoms with van der Waals surface area (Å²) in [7, 11) is 0. The highest BCUT2D eigenvalue weighted by molar-refractivity contribution is 5.90. The molecule has 1 aliphatic rings. The molecule has 1 unspecified atom stereocenters. The monoisotopic (exact) mass is 318 g/mol. The second kappa shape index (κ2) is 5.68. The van der Waals surface area contributed by atoms with Crippen molar-refractivity contribution in [2.75, 3.05) is 13.1 Å². The number of carboxylic acid groups (broad SMARTS) is 1. The number of fused-ring (bicyclic) bond motifs is 1. The zero-order valence-electron chi connectivity index (χ0n) is 13.0. The summed E-state index contributed by atoms with van der Waals surface area (Å²) in [4.78, 5) is 24.7. The van der Waals surface area contributed by atoms with Gasteiger partial charge >= 0.3 is 5.97 Å². The van der Waals surface area contributed by atoms with Crippen LogP contribution in [-0.4, -0.2) is 45.2 Å². The minimum absolute atomic E-state index is 0.147. The SMILES string of the molecule is CCn1cc(CC(=O)N2CCC(F)(C(=O)O)C2)c2ccccc21. The first-order valence-electron chi connectivity index (χ1n) is 7.71. The topological polar surface area (TPSA) is 62.5 Å². The lowest BCUT2D eigenvalue weighted by atomic mass is 10.1. The molecule has 1 fully saturated rings. The molecule has 6 heteroatoms. The van der Waals surface area contributed by atoms with Gasteiger partial charge in [0, 0.05) is 36.6 Å². The number of halogens is 1. The van der Waals surface area contributed by atoms with Crippen molar-refractivity contribution < 1.29 is 19.1 Å². The second-order valence-electron chi connectivity index (χ2n) is 5.97. The first-order valence-corrected chi connectivity index (χ1v) is 7.71. The van der Waals surface area contributed by atoms with Crippen LogP contribution >= 0.6 is 0 Å². The predicted molar refractivity (Wildman–Crippen MR) is 84.0 cm³/mol. The summed E-state index contributed by atoms with van der Waals surface area (Å²) in [6, 6.07) is 7.83. The fraction of sp³-hybridized carbons (Fsp3) is 0.412. The van der Waals surface area contributed by atoms with Crippen molar-refractivity contribution in [3.8, 4) is 0 Å². The Morgan fingerprint density at radius 2 is 2.09 bits per heavy atom. The summed E-state index contributed by atoms with van der Waals surface area (Å²) < 4.78 is 16.2. The standard InChI is InChI=1S/C17H19FN2O3/c1-2-19-10-12(13-5-3-4-6-14(13)19)9-15(21)20-8-7-17(18,11-20)16(22)23/h3-6,10H,2,7-9,11H2,1H3,(H,22,23). The molecule has 23 heavy (non-hydrogen) atoms. The Bertz CT molecular complexity index is 770. The lowest BCUT2D eigenvalue weighted by Crippen LogP contribution is -2.39. The zero-order valence-corrected chi connectivity index (χ0v) is 13.0. The molecule has 1 saturated heterocycles. The Morgan fingerprint density at radius 1 is 1.35 bits per heavy atom. The van der Waals surface area contributed by atoms with Gasteiger partial charge in [-0.15, -0.1) is 0 Å². The Hall–Kier alpha value is -2.37. The molecule has 1 aliphatic heterocycles. The van der Waals surface area contributed by atoms with E-state index in [-0.39, 0.29) is 31.8 Å². The first kappa shape index (κ1) is 15.5. The summed E-state index contributed by atoms with van der Waals surface area (Å²) >= 11 is 0. The van der Waals surface area contributed by atoms with Crippen LogP contribution in [0.2, 0.25) is 0 Å². The molecule has 1 aromatic heterocycles. The molecule has 1 N–H and O–H groups in total. The number of alkyl halides is 1. The average molecular weight is 318 g/mol. The van der Waals surface area contributed by atoms with Gasteiger partial charge in [-0.05, 0) is 18.6 Å². The number of benzene rings is 1. The summed E-state index contributed by atoms with van der Waals surface area (Å²) in [5.74, 6) is -1.72. The summed E-state index contributed by atoms with van der Waals surface area (Å²) in [5.41, 5.74) is -0.365. The third kappa shape index (κ3) is 2.69. The number of likely N-dealkylation sites (tertiary alicyclic amines) is 1. The minimum atomic E-state index is -2.31. The molecular weight excluding hydrogens is 299 g/mol. The summed E-state index contributed by atoms with van der Waals surface area (Å²) in [6.07, 6.45) is 1.95. The fourth-order valence-electron chi connectivity index (χ4n) is 3.16. The molecule has 2 aromatic rings. The molecule has 0 bridgehead atoms. The van der Waals surface area contributed by atoms with E-state index in [1.807, 2.05) is 37.4 Å². The lowest BCUT2D eigenvalue weighted by molar-refractivity contribution is -0.150. The van der Waals surface area contributed by atoms with Crippen LogP contribution in [0.3, 0.4) is 0 Å². The number of carbonyl (C=O) groups is 2. The number of para-hydroxylation sites is 1. The highest BCUT2D eigenvalue weighted by Gasteiger charge is 2.46. The van der Waals surface area contributed by atoms with Crippen molar-refractivity contribution in [2.24, 2.45) is 0 Å². The van der Waals surface area contributed by atoms with Crippen LogP contribution in [0.4, 0.5) is 4.39 Å². The van der Waals surface area contributed by atoms with E-state index in [9.17, 15) is 14.0 Å². The molecule has 122 valence electrons. The average Bonchev–Trinajstić information content (AvgIpc) is 3.10. The molecule has 0 aliphatic carbocycles. The van der Waals surface area contributed by atoms with E-state index in [0.29, 0.717) is 0 Å². The van der Waals surface area contributed by atoms with Gasteiger partial charge in [-0.25, -0.2) is 9.18 Å². The summed E-state index contributed by atoms with van der Waals surface area (Å²) in [6.45, 7) is 2.61. The molecular formula is C17H19FN2O3. The van der Waals surface area contributed by atoms with Crippen molar-refractivity contribution in [3.05, 3.63) is 36.0 Å². The predicted octanol–water partition coefficient (Wildman–Crippen LogP) is 2.23. The number of hydrogen-bond donors (Lipinski definition) is 1. The van der Waals surface area contributed by atoms with Gasteiger partial charge in [0.15, 0.2) is 0 Å². The Labute approximate surface area is 133 Å². The van der Waals surface area contributed by atoms with Crippen LogP contribution in [0, 0.1) is 0 Å².